The number of amides is 4. The SMILES string of the molecule is CCC1CCC2(CC1)NC(=O)N(CC(=O)N(Cc1cccs1)c1ccc(OC)cc1)C2=O. The molecule has 32 heavy (non-hydrogen) atoms. The highest BCUT2D eigenvalue weighted by Crippen LogP contribution is 2.37. The molecule has 0 atom stereocenters. The smallest absolute Gasteiger partial charge is 0.325 e. The largest absolute Gasteiger partial charge is 0.497 e. The van der Waals surface area contributed by atoms with E-state index in [1.807, 2.05) is 29.6 Å². The first-order chi connectivity index (χ1) is 15.5. The average molecular weight is 456 g/mol. The van der Waals surface area contributed by atoms with Crippen LogP contribution in [-0.2, 0) is 16.1 Å². The molecule has 1 aliphatic carbocycles. The van der Waals surface area contributed by atoms with E-state index >= 15 is 0 Å². The first-order valence-corrected chi connectivity index (χ1v) is 11.9. The summed E-state index contributed by atoms with van der Waals surface area (Å²) in [5.41, 5.74) is -0.156. The van der Waals surface area contributed by atoms with Crippen molar-refractivity contribution in [2.45, 2.75) is 51.1 Å². The fourth-order valence-corrected chi connectivity index (χ4v) is 5.29. The van der Waals surface area contributed by atoms with Crippen LogP contribution in [0.15, 0.2) is 41.8 Å². The van der Waals surface area contributed by atoms with E-state index < -0.39 is 11.6 Å². The summed E-state index contributed by atoms with van der Waals surface area (Å²) in [4.78, 5) is 43.0. The third-order valence-corrected chi connectivity index (χ3v) is 7.52. The molecule has 0 unspecified atom stereocenters. The minimum atomic E-state index is -0.846. The molecule has 1 aromatic heterocycles. The van der Waals surface area contributed by atoms with Crippen molar-refractivity contribution in [1.29, 1.82) is 0 Å². The number of benzene rings is 1. The van der Waals surface area contributed by atoms with E-state index in [-0.39, 0.29) is 18.4 Å². The molecule has 7 nitrogen and oxygen atoms in total. The number of hydrogen-bond donors (Lipinski definition) is 1. The molecule has 4 rings (SSSR count). The van der Waals surface area contributed by atoms with Gasteiger partial charge in [0.05, 0.1) is 13.7 Å². The van der Waals surface area contributed by atoms with Crippen molar-refractivity contribution >= 4 is 34.9 Å². The minimum Gasteiger partial charge on any atom is -0.497 e. The van der Waals surface area contributed by atoms with Crippen LogP contribution >= 0.6 is 11.3 Å². The molecule has 1 saturated heterocycles. The molecule has 0 radical (unpaired) electrons. The third kappa shape index (κ3) is 4.37. The number of ether oxygens (including phenoxy) is 1. The summed E-state index contributed by atoms with van der Waals surface area (Å²) < 4.78 is 5.22. The summed E-state index contributed by atoms with van der Waals surface area (Å²) in [6, 6.07) is 10.6. The van der Waals surface area contributed by atoms with Crippen LogP contribution in [0.2, 0.25) is 0 Å². The number of thiophene rings is 1. The van der Waals surface area contributed by atoms with Gasteiger partial charge in [0.25, 0.3) is 5.91 Å². The monoisotopic (exact) mass is 455 g/mol. The molecule has 8 heteroatoms. The number of carbonyl (C=O) groups is 3. The predicted molar refractivity (Wildman–Crippen MR) is 124 cm³/mol. The molecular weight excluding hydrogens is 426 g/mol. The molecular formula is C24H29N3O4S. The van der Waals surface area contributed by atoms with Crippen LogP contribution in [-0.4, -0.2) is 41.9 Å². The molecule has 4 amide bonds. The zero-order valence-electron chi connectivity index (χ0n) is 18.5. The standard InChI is InChI=1S/C24H29N3O4S/c1-3-17-10-12-24(13-11-17)22(29)27(23(30)25-24)16-21(28)26(15-20-5-4-14-32-20)18-6-8-19(31-2)9-7-18/h4-9,14,17H,3,10-13,15-16H2,1-2H3,(H,25,30). The number of imide groups is 1. The van der Waals surface area contributed by atoms with E-state index in [2.05, 4.69) is 12.2 Å². The van der Waals surface area contributed by atoms with Crippen molar-refractivity contribution in [1.82, 2.24) is 10.2 Å². The number of methoxy groups -OCH3 is 1. The minimum absolute atomic E-state index is 0.267. The molecule has 1 aliphatic heterocycles. The highest BCUT2D eigenvalue weighted by Gasteiger charge is 2.52. The summed E-state index contributed by atoms with van der Waals surface area (Å²) in [7, 11) is 1.59. The second-order valence-corrected chi connectivity index (χ2v) is 9.54. The number of nitrogens with one attached hydrogen (secondary N) is 1. The van der Waals surface area contributed by atoms with Gasteiger partial charge in [-0.3, -0.25) is 14.5 Å². The zero-order valence-corrected chi connectivity index (χ0v) is 19.3. The topological polar surface area (TPSA) is 79.0 Å². The molecule has 0 bridgehead atoms. The van der Waals surface area contributed by atoms with E-state index in [1.54, 1.807) is 35.5 Å². The summed E-state index contributed by atoms with van der Waals surface area (Å²) in [5, 5.41) is 4.87. The Morgan fingerprint density at radius 2 is 1.94 bits per heavy atom. The van der Waals surface area contributed by atoms with Crippen LogP contribution in [0.4, 0.5) is 10.5 Å². The normalized spacial score (nSPS) is 22.8. The molecule has 170 valence electrons. The quantitative estimate of drug-likeness (QED) is 0.635. The number of anilines is 1. The van der Waals surface area contributed by atoms with Gasteiger partial charge in [0.2, 0.25) is 5.91 Å². The van der Waals surface area contributed by atoms with E-state index in [1.165, 1.54) is 0 Å². The van der Waals surface area contributed by atoms with Crippen LogP contribution in [0, 0.1) is 5.92 Å². The first-order valence-electron chi connectivity index (χ1n) is 11.1. The number of rotatable bonds is 7. The maximum absolute atomic E-state index is 13.4. The van der Waals surface area contributed by atoms with Gasteiger partial charge in [-0.05, 0) is 67.3 Å². The maximum Gasteiger partial charge on any atom is 0.325 e. The van der Waals surface area contributed by atoms with Crippen LogP contribution in [0.5, 0.6) is 5.75 Å². The molecule has 1 spiro atoms. The van der Waals surface area contributed by atoms with Gasteiger partial charge in [-0.1, -0.05) is 19.4 Å². The summed E-state index contributed by atoms with van der Waals surface area (Å²) >= 11 is 1.56. The van der Waals surface area contributed by atoms with Crippen LogP contribution in [0.3, 0.4) is 0 Å². The van der Waals surface area contributed by atoms with Gasteiger partial charge < -0.3 is 15.0 Å². The fourth-order valence-electron chi connectivity index (χ4n) is 4.60. The van der Waals surface area contributed by atoms with Gasteiger partial charge in [-0.25, -0.2) is 4.79 Å². The lowest BCUT2D eigenvalue weighted by Crippen LogP contribution is -2.50. The number of hydrogen-bond acceptors (Lipinski definition) is 5. The third-order valence-electron chi connectivity index (χ3n) is 6.65. The number of nitrogens with zero attached hydrogens (tertiary/aromatic N) is 2. The van der Waals surface area contributed by atoms with E-state index in [4.69, 9.17) is 4.74 Å². The Kier molecular flexibility index (Phi) is 6.50. The summed E-state index contributed by atoms with van der Waals surface area (Å²) in [6.45, 7) is 2.25. The van der Waals surface area contributed by atoms with Gasteiger partial charge in [0, 0.05) is 10.6 Å². The van der Waals surface area contributed by atoms with Crippen molar-refractivity contribution in [3.05, 3.63) is 46.7 Å². The molecule has 1 saturated carbocycles. The lowest BCUT2D eigenvalue weighted by molar-refractivity contribution is -0.135. The molecule has 2 fully saturated rings. The molecule has 2 aliphatic rings. The Morgan fingerprint density at radius 1 is 1.22 bits per heavy atom. The summed E-state index contributed by atoms with van der Waals surface area (Å²) in [6.07, 6.45) is 4.19. The summed E-state index contributed by atoms with van der Waals surface area (Å²) in [5.74, 6) is 0.718. The van der Waals surface area contributed by atoms with Crippen molar-refractivity contribution in [2.75, 3.05) is 18.6 Å². The molecule has 1 N–H and O–H groups in total. The van der Waals surface area contributed by atoms with Gasteiger partial charge in [0.15, 0.2) is 0 Å². The second-order valence-electron chi connectivity index (χ2n) is 8.51. The Labute approximate surface area is 192 Å². The second kappa shape index (κ2) is 9.32. The van der Waals surface area contributed by atoms with E-state index in [9.17, 15) is 14.4 Å². The zero-order chi connectivity index (χ0) is 22.7. The van der Waals surface area contributed by atoms with Gasteiger partial charge >= 0.3 is 6.03 Å². The lowest BCUT2D eigenvalue weighted by atomic mass is 9.75. The predicted octanol–water partition coefficient (Wildman–Crippen LogP) is 4.18. The van der Waals surface area contributed by atoms with Crippen LogP contribution < -0.4 is 15.0 Å². The van der Waals surface area contributed by atoms with Crippen molar-refractivity contribution in [2.24, 2.45) is 5.92 Å². The van der Waals surface area contributed by atoms with Gasteiger partial charge in [0.1, 0.15) is 17.8 Å². The fraction of sp³-hybridized carbons (Fsp3) is 0.458. The number of carbonyl (C=O) groups excluding carboxylic acids is 3. The van der Waals surface area contributed by atoms with Gasteiger partial charge in [-0.2, -0.15) is 0 Å². The average Bonchev–Trinajstić information content (AvgIpc) is 3.41. The lowest BCUT2D eigenvalue weighted by Gasteiger charge is -2.34. The van der Waals surface area contributed by atoms with Crippen molar-refractivity contribution in [3.8, 4) is 5.75 Å². The Bertz CT molecular complexity index is 966. The van der Waals surface area contributed by atoms with Crippen LogP contribution in [0.25, 0.3) is 0 Å². The molecule has 2 aromatic rings. The Hall–Kier alpha value is -2.87. The highest BCUT2D eigenvalue weighted by molar-refractivity contribution is 7.09. The van der Waals surface area contributed by atoms with E-state index in [0.29, 0.717) is 36.7 Å². The number of urea groups is 1. The highest BCUT2D eigenvalue weighted by atomic mass is 32.1. The van der Waals surface area contributed by atoms with E-state index in [0.717, 1.165) is 29.0 Å². The van der Waals surface area contributed by atoms with Gasteiger partial charge in [-0.15, -0.1) is 11.3 Å². The molecule has 1 aromatic carbocycles. The Balaban J connectivity index is 1.52. The molecule has 2 heterocycles. The Morgan fingerprint density at radius 3 is 2.53 bits per heavy atom. The first kappa shape index (κ1) is 22.3. The van der Waals surface area contributed by atoms with Crippen molar-refractivity contribution in [3.63, 3.8) is 0 Å². The van der Waals surface area contributed by atoms with Crippen molar-refractivity contribution < 1.29 is 19.1 Å². The maximum atomic E-state index is 13.4. The van der Waals surface area contributed by atoms with Crippen LogP contribution in [0.1, 0.15) is 43.9 Å².